The quantitative estimate of drug-likeness (QED) is 0.867. The van der Waals surface area contributed by atoms with Crippen LogP contribution in [0.25, 0.3) is 11.1 Å². The molecule has 24 heavy (non-hydrogen) atoms. The minimum atomic E-state index is -3.42. The molecule has 0 spiro atoms. The van der Waals surface area contributed by atoms with Crippen LogP contribution in [0.4, 0.5) is 5.69 Å². The van der Waals surface area contributed by atoms with Crippen molar-refractivity contribution in [2.75, 3.05) is 11.0 Å². The van der Waals surface area contributed by atoms with Gasteiger partial charge in [-0.2, -0.15) is 10.5 Å². The van der Waals surface area contributed by atoms with Gasteiger partial charge in [0, 0.05) is 5.69 Å². The molecule has 0 radical (unpaired) electrons. The zero-order valence-corrected chi connectivity index (χ0v) is 13.8. The summed E-state index contributed by atoms with van der Waals surface area (Å²) in [5.74, 6) is 0. The first-order valence-corrected chi connectivity index (χ1v) is 9.08. The summed E-state index contributed by atoms with van der Waals surface area (Å²) in [5, 5.41) is 18.5. The van der Waals surface area contributed by atoms with Crippen molar-refractivity contribution in [1.82, 2.24) is 4.90 Å². The first-order valence-electron chi connectivity index (χ1n) is 7.19. The molecule has 0 atom stereocenters. The number of nitriles is 2. The normalized spacial score (nSPS) is 13.0. The maximum absolute atomic E-state index is 11.6. The Kier molecular flexibility index (Phi) is 3.88. The zero-order valence-electron chi connectivity index (χ0n) is 12.9. The van der Waals surface area contributed by atoms with E-state index in [0.717, 1.165) is 28.5 Å². The molecule has 0 aliphatic carbocycles. The fourth-order valence-corrected chi connectivity index (χ4v) is 3.46. The monoisotopic (exact) mass is 338 g/mol. The lowest BCUT2D eigenvalue weighted by molar-refractivity contribution is 0.417. The molecule has 1 aliphatic heterocycles. The van der Waals surface area contributed by atoms with Crippen molar-refractivity contribution < 1.29 is 8.42 Å². The summed E-state index contributed by atoms with van der Waals surface area (Å²) in [7, 11) is -3.42. The number of sulfonamides is 1. The van der Waals surface area contributed by atoms with Crippen LogP contribution >= 0.6 is 0 Å². The van der Waals surface area contributed by atoms with Crippen molar-refractivity contribution in [2.45, 2.75) is 13.1 Å². The van der Waals surface area contributed by atoms with Crippen molar-refractivity contribution in [3.05, 3.63) is 53.1 Å². The third-order valence-corrected chi connectivity index (χ3v) is 4.44. The predicted molar refractivity (Wildman–Crippen MR) is 89.9 cm³/mol. The van der Waals surface area contributed by atoms with Crippen LogP contribution < -0.4 is 4.72 Å². The van der Waals surface area contributed by atoms with E-state index in [9.17, 15) is 13.7 Å². The van der Waals surface area contributed by atoms with Crippen molar-refractivity contribution in [1.29, 1.82) is 10.5 Å². The molecule has 1 heterocycles. The van der Waals surface area contributed by atoms with Gasteiger partial charge in [-0.3, -0.25) is 4.72 Å². The maximum atomic E-state index is 11.6. The lowest BCUT2D eigenvalue weighted by Gasteiger charge is -2.13. The lowest BCUT2D eigenvalue weighted by atomic mass is 9.93. The number of fused-ring (bicyclic) bond motifs is 1. The molecule has 0 fully saturated rings. The Bertz CT molecular complexity index is 1000. The molecular formula is C17H14N4O2S. The van der Waals surface area contributed by atoms with E-state index in [1.165, 1.54) is 0 Å². The van der Waals surface area contributed by atoms with E-state index in [4.69, 9.17) is 5.26 Å². The van der Waals surface area contributed by atoms with Crippen LogP contribution in [0, 0.1) is 22.8 Å². The molecule has 0 saturated carbocycles. The Morgan fingerprint density at radius 2 is 1.88 bits per heavy atom. The third kappa shape index (κ3) is 3.03. The smallest absolute Gasteiger partial charge is 0.229 e. The number of nitrogens with one attached hydrogen (secondary N) is 1. The van der Waals surface area contributed by atoms with E-state index >= 15 is 0 Å². The summed E-state index contributed by atoms with van der Waals surface area (Å²) in [5.41, 5.74) is 4.26. The van der Waals surface area contributed by atoms with Gasteiger partial charge in [-0.25, -0.2) is 8.42 Å². The average molecular weight is 338 g/mol. The minimum Gasteiger partial charge on any atom is -0.302 e. The Balaban J connectivity index is 2.22. The molecule has 1 aliphatic rings. The second-order valence-corrected chi connectivity index (χ2v) is 7.40. The molecular weight excluding hydrogens is 324 g/mol. The van der Waals surface area contributed by atoms with E-state index in [1.807, 2.05) is 12.1 Å². The van der Waals surface area contributed by atoms with Gasteiger partial charge in [0.05, 0.1) is 31.0 Å². The van der Waals surface area contributed by atoms with Crippen LogP contribution in [0.1, 0.15) is 16.7 Å². The summed E-state index contributed by atoms with van der Waals surface area (Å²) in [6.07, 6.45) is 3.20. The number of benzene rings is 2. The second-order valence-electron chi connectivity index (χ2n) is 5.65. The highest BCUT2D eigenvalue weighted by molar-refractivity contribution is 7.92. The molecule has 6 nitrogen and oxygen atoms in total. The number of hydrogen-bond acceptors (Lipinski definition) is 5. The van der Waals surface area contributed by atoms with Gasteiger partial charge in [0.2, 0.25) is 10.0 Å². The first-order chi connectivity index (χ1) is 11.4. The first kappa shape index (κ1) is 15.9. The molecule has 0 amide bonds. The Morgan fingerprint density at radius 3 is 2.54 bits per heavy atom. The molecule has 3 rings (SSSR count). The van der Waals surface area contributed by atoms with Crippen LogP contribution in [0.5, 0.6) is 0 Å². The number of rotatable bonds is 3. The van der Waals surface area contributed by atoms with Gasteiger partial charge in [-0.15, -0.1) is 0 Å². The Morgan fingerprint density at radius 1 is 1.12 bits per heavy atom. The standard InChI is InChI=1S/C17H14N4O2S/c1-24(22,23)20-14-6-13-9-21(11-19)10-17(13)16(7-14)15-5-3-2-4-12(15)8-18/h2-7,20H,9-10H2,1H3. The predicted octanol–water partition coefficient (Wildman–Crippen LogP) is 2.39. The Labute approximate surface area is 140 Å². The van der Waals surface area contributed by atoms with E-state index in [1.54, 1.807) is 29.2 Å². The summed E-state index contributed by atoms with van der Waals surface area (Å²) in [4.78, 5) is 1.59. The van der Waals surface area contributed by atoms with Crippen molar-refractivity contribution >= 4 is 15.7 Å². The van der Waals surface area contributed by atoms with Gasteiger partial charge in [0.15, 0.2) is 6.19 Å². The Hall–Kier alpha value is -3.03. The fraction of sp³-hybridized carbons (Fsp3) is 0.176. The summed E-state index contributed by atoms with van der Waals surface area (Å²) in [6, 6.07) is 12.8. The fourth-order valence-electron chi connectivity index (χ4n) is 2.91. The molecule has 1 N–H and O–H groups in total. The van der Waals surface area contributed by atoms with Crippen LogP contribution in [0.15, 0.2) is 36.4 Å². The van der Waals surface area contributed by atoms with E-state index in [0.29, 0.717) is 24.3 Å². The van der Waals surface area contributed by atoms with Crippen LogP contribution in [0.3, 0.4) is 0 Å². The van der Waals surface area contributed by atoms with Gasteiger partial charge in [0.1, 0.15) is 0 Å². The van der Waals surface area contributed by atoms with Crippen molar-refractivity contribution in [3.8, 4) is 23.4 Å². The van der Waals surface area contributed by atoms with Gasteiger partial charge < -0.3 is 4.90 Å². The SMILES string of the molecule is CS(=O)(=O)Nc1cc2c(c(-c3ccccc3C#N)c1)CN(C#N)C2. The largest absolute Gasteiger partial charge is 0.302 e. The summed E-state index contributed by atoms with van der Waals surface area (Å²) >= 11 is 0. The third-order valence-electron chi connectivity index (χ3n) is 3.83. The lowest BCUT2D eigenvalue weighted by Crippen LogP contribution is -2.10. The highest BCUT2D eigenvalue weighted by atomic mass is 32.2. The highest BCUT2D eigenvalue weighted by Crippen LogP contribution is 2.36. The number of anilines is 1. The topological polar surface area (TPSA) is 97.0 Å². The molecule has 0 unspecified atom stereocenters. The molecule has 2 aromatic carbocycles. The molecule has 2 aromatic rings. The average Bonchev–Trinajstić information content (AvgIpc) is 2.95. The van der Waals surface area contributed by atoms with Gasteiger partial charge in [-0.1, -0.05) is 18.2 Å². The highest BCUT2D eigenvalue weighted by Gasteiger charge is 2.24. The van der Waals surface area contributed by atoms with Gasteiger partial charge >= 0.3 is 0 Å². The zero-order chi connectivity index (χ0) is 17.3. The number of nitrogens with zero attached hydrogens (tertiary/aromatic N) is 3. The van der Waals surface area contributed by atoms with Crippen LogP contribution in [-0.4, -0.2) is 19.6 Å². The summed E-state index contributed by atoms with van der Waals surface area (Å²) in [6.45, 7) is 0.868. The maximum Gasteiger partial charge on any atom is 0.229 e. The van der Waals surface area contributed by atoms with Crippen molar-refractivity contribution in [2.24, 2.45) is 0 Å². The second kappa shape index (κ2) is 5.88. The molecule has 0 saturated heterocycles. The number of hydrogen-bond donors (Lipinski definition) is 1. The molecule has 0 aromatic heterocycles. The van der Waals surface area contributed by atoms with E-state index < -0.39 is 10.0 Å². The summed E-state index contributed by atoms with van der Waals surface area (Å²) < 4.78 is 25.6. The van der Waals surface area contributed by atoms with Crippen LogP contribution in [-0.2, 0) is 23.1 Å². The van der Waals surface area contributed by atoms with E-state index in [-0.39, 0.29) is 0 Å². The molecule has 7 heteroatoms. The minimum absolute atomic E-state index is 0.423. The van der Waals surface area contributed by atoms with Crippen LogP contribution in [0.2, 0.25) is 0 Å². The van der Waals surface area contributed by atoms with Crippen molar-refractivity contribution in [3.63, 3.8) is 0 Å². The van der Waals surface area contributed by atoms with Gasteiger partial charge in [-0.05, 0) is 40.5 Å². The van der Waals surface area contributed by atoms with E-state index in [2.05, 4.69) is 17.0 Å². The molecule has 0 bridgehead atoms. The van der Waals surface area contributed by atoms with Gasteiger partial charge in [0.25, 0.3) is 0 Å². The molecule has 120 valence electrons.